The quantitative estimate of drug-likeness (QED) is 0.690. The molecule has 0 aliphatic carbocycles. The number of rotatable bonds is 7. The first-order valence-electron chi connectivity index (χ1n) is 12.2. The molecule has 0 bridgehead atoms. The molecule has 0 radical (unpaired) electrons. The van der Waals surface area contributed by atoms with E-state index in [9.17, 15) is 9.59 Å². The summed E-state index contributed by atoms with van der Waals surface area (Å²) in [7, 11) is 0. The van der Waals surface area contributed by atoms with E-state index in [-0.39, 0.29) is 17.9 Å². The molecule has 2 atom stereocenters. The molecule has 4 rings (SSSR count). The minimum atomic E-state index is -0.718. The van der Waals surface area contributed by atoms with Crippen molar-refractivity contribution in [3.63, 3.8) is 0 Å². The number of aromatic amines is 1. The molecule has 1 spiro atoms. The topological polar surface area (TPSA) is 81.3 Å². The number of para-hydroxylation sites is 2. The molecule has 2 amide bonds. The number of likely N-dealkylation sites (tertiary alicyclic amines) is 1. The third-order valence-electron chi connectivity index (χ3n) is 7.23. The van der Waals surface area contributed by atoms with Crippen LogP contribution in [0.15, 0.2) is 24.3 Å². The predicted octanol–water partition coefficient (Wildman–Crippen LogP) is 3.63. The number of unbranched alkanes of at least 4 members (excludes halogenated alkanes) is 1. The van der Waals surface area contributed by atoms with Gasteiger partial charge in [0.2, 0.25) is 11.8 Å². The van der Waals surface area contributed by atoms with E-state index in [4.69, 9.17) is 4.98 Å². The van der Waals surface area contributed by atoms with Crippen molar-refractivity contribution in [1.82, 2.24) is 25.1 Å². The Hall–Kier alpha value is -2.41. The van der Waals surface area contributed by atoms with Gasteiger partial charge in [-0.3, -0.25) is 14.5 Å². The first kappa shape index (κ1) is 22.8. The lowest BCUT2D eigenvalue weighted by Crippen LogP contribution is -2.73. The highest BCUT2D eigenvalue weighted by Crippen LogP contribution is 2.36. The Morgan fingerprint density at radius 2 is 1.88 bits per heavy atom. The number of carbonyl (C=O) groups excluding carboxylic acids is 2. The zero-order valence-corrected chi connectivity index (χ0v) is 19.9. The zero-order chi connectivity index (χ0) is 22.9. The van der Waals surface area contributed by atoms with E-state index in [0.717, 1.165) is 42.8 Å². The molecule has 32 heavy (non-hydrogen) atoms. The van der Waals surface area contributed by atoms with Crippen LogP contribution in [0.5, 0.6) is 0 Å². The van der Waals surface area contributed by atoms with E-state index in [0.29, 0.717) is 31.7 Å². The smallest absolute Gasteiger partial charge is 0.246 e. The molecule has 2 N–H and O–H groups in total. The van der Waals surface area contributed by atoms with Gasteiger partial charge in [0, 0.05) is 19.6 Å². The number of amides is 2. The number of nitrogens with one attached hydrogen (secondary N) is 2. The van der Waals surface area contributed by atoms with Gasteiger partial charge in [0.15, 0.2) is 0 Å². The summed E-state index contributed by atoms with van der Waals surface area (Å²) in [6.07, 6.45) is 3.94. The van der Waals surface area contributed by atoms with Crippen molar-refractivity contribution in [2.45, 2.75) is 77.4 Å². The summed E-state index contributed by atoms with van der Waals surface area (Å²) in [5, 5.41) is 3.09. The number of nitrogens with zero attached hydrogens (tertiary/aromatic N) is 3. The molecule has 1 aromatic carbocycles. The fraction of sp³-hybridized carbons (Fsp3) is 0.640. The van der Waals surface area contributed by atoms with E-state index < -0.39 is 11.6 Å². The Morgan fingerprint density at radius 1 is 1.16 bits per heavy atom. The standard InChI is InChI=1S/C25H37N5O2/c1-5-6-13-30-23(31)21(16-17(2)3)28-24(32)25(30)11-14-29(15-12-25)18(4)22-26-19-9-7-8-10-20(19)27-22/h7-10,17-18,21H,5-6,11-16H2,1-4H3,(H,26,27)(H,28,32). The SMILES string of the molecule is CCCCN1C(=O)C(CC(C)C)NC(=O)C12CCN(C(C)c1nc3ccccc3[nH]1)CC2. The minimum absolute atomic E-state index is 0.0369. The number of H-pyrrole nitrogens is 1. The maximum Gasteiger partial charge on any atom is 0.246 e. The Labute approximate surface area is 190 Å². The Kier molecular flexibility index (Phi) is 6.56. The van der Waals surface area contributed by atoms with Gasteiger partial charge in [0.05, 0.1) is 17.1 Å². The molecule has 2 unspecified atom stereocenters. The molecule has 1 aromatic heterocycles. The average Bonchev–Trinajstić information content (AvgIpc) is 3.21. The molecule has 7 heteroatoms. The molecular formula is C25H37N5O2. The van der Waals surface area contributed by atoms with E-state index in [1.54, 1.807) is 0 Å². The number of aromatic nitrogens is 2. The third kappa shape index (κ3) is 4.15. The van der Waals surface area contributed by atoms with Crippen LogP contribution in [0.1, 0.15) is 71.7 Å². The normalized spacial score (nSPS) is 22.7. The fourth-order valence-corrected chi connectivity index (χ4v) is 5.27. The van der Waals surface area contributed by atoms with Crippen molar-refractivity contribution in [1.29, 1.82) is 0 Å². The van der Waals surface area contributed by atoms with Gasteiger partial charge in [-0.15, -0.1) is 0 Å². The summed E-state index contributed by atoms with van der Waals surface area (Å²) in [5.41, 5.74) is 1.30. The summed E-state index contributed by atoms with van der Waals surface area (Å²) in [5.74, 6) is 1.45. The van der Waals surface area contributed by atoms with Gasteiger partial charge >= 0.3 is 0 Å². The Balaban J connectivity index is 1.51. The number of carbonyl (C=O) groups is 2. The van der Waals surface area contributed by atoms with Gasteiger partial charge in [-0.05, 0) is 50.7 Å². The Morgan fingerprint density at radius 3 is 2.53 bits per heavy atom. The summed E-state index contributed by atoms with van der Waals surface area (Å²) >= 11 is 0. The number of piperidine rings is 1. The second-order valence-corrected chi connectivity index (χ2v) is 9.88. The molecule has 0 saturated carbocycles. The first-order chi connectivity index (χ1) is 15.4. The van der Waals surface area contributed by atoms with Crippen LogP contribution in [0.25, 0.3) is 11.0 Å². The molecule has 7 nitrogen and oxygen atoms in total. The molecule has 2 aliphatic rings. The maximum atomic E-state index is 13.4. The highest BCUT2D eigenvalue weighted by Gasteiger charge is 2.53. The van der Waals surface area contributed by atoms with Crippen molar-refractivity contribution >= 4 is 22.8 Å². The van der Waals surface area contributed by atoms with E-state index in [1.807, 2.05) is 29.2 Å². The van der Waals surface area contributed by atoms with Gasteiger partial charge in [-0.1, -0.05) is 39.3 Å². The first-order valence-corrected chi connectivity index (χ1v) is 12.2. The molecule has 3 heterocycles. The zero-order valence-electron chi connectivity index (χ0n) is 19.9. The third-order valence-corrected chi connectivity index (χ3v) is 7.23. The molecule has 174 valence electrons. The van der Waals surface area contributed by atoms with Crippen molar-refractivity contribution in [3.05, 3.63) is 30.1 Å². The monoisotopic (exact) mass is 439 g/mol. The number of piperazine rings is 1. The van der Waals surface area contributed by atoms with Gasteiger partial charge in [0.1, 0.15) is 17.4 Å². The maximum absolute atomic E-state index is 13.4. The minimum Gasteiger partial charge on any atom is -0.342 e. The van der Waals surface area contributed by atoms with Crippen LogP contribution in [0.4, 0.5) is 0 Å². The van der Waals surface area contributed by atoms with Gasteiger partial charge in [-0.2, -0.15) is 0 Å². The van der Waals surface area contributed by atoms with Gasteiger partial charge in [0.25, 0.3) is 0 Å². The van der Waals surface area contributed by atoms with E-state index in [1.165, 1.54) is 0 Å². The van der Waals surface area contributed by atoms with Crippen molar-refractivity contribution in [2.75, 3.05) is 19.6 Å². The molecular weight excluding hydrogens is 402 g/mol. The lowest BCUT2D eigenvalue weighted by atomic mass is 9.80. The molecule has 2 aromatic rings. The van der Waals surface area contributed by atoms with Crippen LogP contribution in [0.2, 0.25) is 0 Å². The molecule has 2 saturated heterocycles. The lowest BCUT2D eigenvalue weighted by Gasteiger charge is -2.52. The van der Waals surface area contributed by atoms with E-state index >= 15 is 0 Å². The number of imidazole rings is 1. The largest absolute Gasteiger partial charge is 0.342 e. The highest BCUT2D eigenvalue weighted by molar-refractivity contribution is 6.00. The van der Waals surface area contributed by atoms with Gasteiger partial charge in [-0.25, -0.2) is 4.98 Å². The van der Waals surface area contributed by atoms with Crippen LogP contribution in [-0.4, -0.2) is 62.8 Å². The van der Waals surface area contributed by atoms with Crippen molar-refractivity contribution in [2.24, 2.45) is 5.92 Å². The number of fused-ring (bicyclic) bond motifs is 1. The van der Waals surface area contributed by atoms with Crippen LogP contribution < -0.4 is 5.32 Å². The van der Waals surface area contributed by atoms with Crippen molar-refractivity contribution in [3.8, 4) is 0 Å². The highest BCUT2D eigenvalue weighted by atomic mass is 16.2. The molecule has 2 fully saturated rings. The van der Waals surface area contributed by atoms with Crippen LogP contribution in [0.3, 0.4) is 0 Å². The van der Waals surface area contributed by atoms with Crippen molar-refractivity contribution < 1.29 is 9.59 Å². The Bertz CT molecular complexity index is 927. The fourth-order valence-electron chi connectivity index (χ4n) is 5.27. The lowest BCUT2D eigenvalue weighted by molar-refractivity contribution is -0.162. The second kappa shape index (κ2) is 9.22. The number of hydrogen-bond acceptors (Lipinski definition) is 4. The number of benzene rings is 1. The average molecular weight is 440 g/mol. The van der Waals surface area contributed by atoms with Crippen LogP contribution in [0, 0.1) is 5.92 Å². The van der Waals surface area contributed by atoms with E-state index in [2.05, 4.69) is 42.9 Å². The van der Waals surface area contributed by atoms with Gasteiger partial charge < -0.3 is 15.2 Å². The predicted molar refractivity (Wildman–Crippen MR) is 126 cm³/mol. The molecule has 2 aliphatic heterocycles. The second-order valence-electron chi connectivity index (χ2n) is 9.88. The summed E-state index contributed by atoms with van der Waals surface area (Å²) < 4.78 is 0. The summed E-state index contributed by atoms with van der Waals surface area (Å²) in [4.78, 5) is 39.3. The summed E-state index contributed by atoms with van der Waals surface area (Å²) in [6, 6.07) is 7.80. The van der Waals surface area contributed by atoms with Crippen LogP contribution >= 0.6 is 0 Å². The number of hydrogen-bond donors (Lipinski definition) is 2. The summed E-state index contributed by atoms with van der Waals surface area (Å²) in [6.45, 7) is 10.7. The van der Waals surface area contributed by atoms with Crippen LogP contribution in [-0.2, 0) is 9.59 Å².